The van der Waals surface area contributed by atoms with Gasteiger partial charge in [0, 0.05) is 12.2 Å². The fraction of sp³-hybridized carbons (Fsp3) is 0.400. The smallest absolute Gasteiger partial charge is 0.0659 e. The lowest BCUT2D eigenvalue weighted by Gasteiger charge is -2.05. The van der Waals surface area contributed by atoms with Gasteiger partial charge < -0.3 is 5.73 Å². The molecule has 1 aromatic carbocycles. The quantitative estimate of drug-likeness (QED) is 0.877. The van der Waals surface area contributed by atoms with Crippen LogP contribution in [0, 0.1) is 6.92 Å². The van der Waals surface area contributed by atoms with Crippen LogP contribution in [-0.2, 0) is 13.0 Å². The Morgan fingerprint density at radius 3 is 2.89 bits per heavy atom. The number of hydrogen-bond donors (Lipinski definition) is 1. The molecule has 0 bridgehead atoms. The molecule has 3 heteroatoms. The first-order chi connectivity index (χ1) is 8.67. The van der Waals surface area contributed by atoms with Crippen LogP contribution in [0.25, 0.3) is 0 Å². The molecule has 1 aromatic heterocycles. The number of benzene rings is 1. The molecule has 0 amide bonds. The zero-order valence-electron chi connectivity index (χ0n) is 11.1. The summed E-state index contributed by atoms with van der Waals surface area (Å²) in [5, 5.41) is 4.39. The molecule has 96 valence electrons. The molecule has 0 aliphatic carbocycles. The van der Waals surface area contributed by atoms with Crippen molar-refractivity contribution in [1.82, 2.24) is 9.78 Å². The van der Waals surface area contributed by atoms with Crippen molar-refractivity contribution >= 4 is 0 Å². The Labute approximate surface area is 109 Å². The monoisotopic (exact) mass is 243 g/mol. The standard InChI is InChI=1S/C15H21N3/c1-3-15(16)8-14-9-17-18(11-14)10-13-6-4-5-12(2)7-13/h4-7,9,11,15H,3,8,10,16H2,1-2H3. The van der Waals surface area contributed by atoms with E-state index in [1.807, 2.05) is 10.9 Å². The van der Waals surface area contributed by atoms with Gasteiger partial charge in [-0.2, -0.15) is 5.10 Å². The summed E-state index contributed by atoms with van der Waals surface area (Å²) in [5.74, 6) is 0. The van der Waals surface area contributed by atoms with Crippen LogP contribution in [0.5, 0.6) is 0 Å². The molecule has 0 aliphatic heterocycles. The minimum atomic E-state index is 0.238. The summed E-state index contributed by atoms with van der Waals surface area (Å²) in [6.07, 6.45) is 5.93. The summed E-state index contributed by atoms with van der Waals surface area (Å²) in [6.45, 7) is 5.04. The first-order valence-electron chi connectivity index (χ1n) is 6.50. The summed E-state index contributed by atoms with van der Waals surface area (Å²) in [4.78, 5) is 0. The van der Waals surface area contributed by atoms with Crippen molar-refractivity contribution in [3.8, 4) is 0 Å². The molecule has 2 N–H and O–H groups in total. The lowest BCUT2D eigenvalue weighted by Crippen LogP contribution is -2.21. The van der Waals surface area contributed by atoms with Crippen LogP contribution >= 0.6 is 0 Å². The van der Waals surface area contributed by atoms with Crippen molar-refractivity contribution in [3.05, 3.63) is 53.3 Å². The van der Waals surface area contributed by atoms with Crippen molar-refractivity contribution < 1.29 is 0 Å². The number of aromatic nitrogens is 2. The fourth-order valence-electron chi connectivity index (χ4n) is 2.04. The molecule has 1 atom stereocenters. The number of nitrogens with two attached hydrogens (primary N) is 1. The third-order valence-electron chi connectivity index (χ3n) is 3.14. The molecule has 0 saturated carbocycles. The molecule has 1 heterocycles. The summed E-state index contributed by atoms with van der Waals surface area (Å²) in [7, 11) is 0. The van der Waals surface area contributed by atoms with Gasteiger partial charge >= 0.3 is 0 Å². The summed E-state index contributed by atoms with van der Waals surface area (Å²) in [6, 6.07) is 8.76. The Hall–Kier alpha value is -1.61. The first kappa shape index (κ1) is 12.8. The van der Waals surface area contributed by atoms with E-state index < -0.39 is 0 Å². The maximum absolute atomic E-state index is 5.95. The predicted octanol–water partition coefficient (Wildman–Crippen LogP) is 2.52. The average molecular weight is 243 g/mol. The number of rotatable bonds is 5. The molecule has 0 spiro atoms. The highest BCUT2D eigenvalue weighted by molar-refractivity contribution is 5.22. The van der Waals surface area contributed by atoms with E-state index in [0.29, 0.717) is 0 Å². The zero-order chi connectivity index (χ0) is 13.0. The second-order valence-corrected chi connectivity index (χ2v) is 4.91. The Morgan fingerprint density at radius 2 is 2.17 bits per heavy atom. The predicted molar refractivity (Wildman–Crippen MR) is 74.5 cm³/mol. The molecule has 2 aromatic rings. The number of aryl methyl sites for hydroxylation is 1. The van der Waals surface area contributed by atoms with Crippen LogP contribution in [0.1, 0.15) is 30.0 Å². The van der Waals surface area contributed by atoms with Crippen LogP contribution < -0.4 is 5.73 Å². The van der Waals surface area contributed by atoms with Gasteiger partial charge in [-0.05, 0) is 30.9 Å². The Balaban J connectivity index is 2.02. The van der Waals surface area contributed by atoms with E-state index >= 15 is 0 Å². The molecule has 0 aliphatic rings. The summed E-state index contributed by atoms with van der Waals surface area (Å²) in [5.41, 5.74) is 9.74. The van der Waals surface area contributed by atoms with E-state index in [4.69, 9.17) is 5.73 Å². The van der Waals surface area contributed by atoms with Gasteiger partial charge in [0.1, 0.15) is 0 Å². The van der Waals surface area contributed by atoms with Crippen LogP contribution in [0.3, 0.4) is 0 Å². The SMILES string of the molecule is CCC(N)Cc1cnn(Cc2cccc(C)c2)c1. The van der Waals surface area contributed by atoms with Gasteiger partial charge in [0.25, 0.3) is 0 Å². The number of hydrogen-bond acceptors (Lipinski definition) is 2. The molecule has 0 fully saturated rings. The van der Waals surface area contributed by atoms with E-state index in [2.05, 4.69) is 49.4 Å². The van der Waals surface area contributed by atoms with Crippen molar-refractivity contribution in [2.45, 2.75) is 39.3 Å². The highest BCUT2D eigenvalue weighted by Crippen LogP contribution is 2.08. The number of nitrogens with zero attached hydrogens (tertiary/aromatic N) is 2. The van der Waals surface area contributed by atoms with Crippen molar-refractivity contribution in [1.29, 1.82) is 0 Å². The van der Waals surface area contributed by atoms with Gasteiger partial charge in [0.2, 0.25) is 0 Å². The molecular weight excluding hydrogens is 222 g/mol. The Bertz CT molecular complexity index is 502. The minimum Gasteiger partial charge on any atom is -0.327 e. The normalized spacial score (nSPS) is 12.6. The third-order valence-corrected chi connectivity index (χ3v) is 3.14. The van der Waals surface area contributed by atoms with Gasteiger partial charge in [-0.15, -0.1) is 0 Å². The van der Waals surface area contributed by atoms with Crippen LogP contribution in [0.4, 0.5) is 0 Å². The Morgan fingerprint density at radius 1 is 1.33 bits per heavy atom. The molecule has 0 saturated heterocycles. The van der Waals surface area contributed by atoms with Crippen LogP contribution in [-0.4, -0.2) is 15.8 Å². The van der Waals surface area contributed by atoms with Gasteiger partial charge in [0.05, 0.1) is 12.7 Å². The molecule has 0 radical (unpaired) electrons. The second-order valence-electron chi connectivity index (χ2n) is 4.91. The van der Waals surface area contributed by atoms with Crippen LogP contribution in [0.2, 0.25) is 0 Å². The highest BCUT2D eigenvalue weighted by Gasteiger charge is 2.04. The minimum absolute atomic E-state index is 0.238. The molecule has 2 rings (SSSR count). The molecule has 3 nitrogen and oxygen atoms in total. The fourth-order valence-corrected chi connectivity index (χ4v) is 2.04. The Kier molecular flexibility index (Phi) is 4.15. The lowest BCUT2D eigenvalue weighted by atomic mass is 10.1. The third kappa shape index (κ3) is 3.44. The maximum Gasteiger partial charge on any atom is 0.0659 e. The molecular formula is C15H21N3. The van der Waals surface area contributed by atoms with E-state index in [9.17, 15) is 0 Å². The average Bonchev–Trinajstić information content (AvgIpc) is 2.76. The van der Waals surface area contributed by atoms with Gasteiger partial charge in [-0.3, -0.25) is 4.68 Å². The molecule has 18 heavy (non-hydrogen) atoms. The van der Waals surface area contributed by atoms with Crippen molar-refractivity contribution in [3.63, 3.8) is 0 Å². The summed E-state index contributed by atoms with van der Waals surface area (Å²) >= 11 is 0. The van der Waals surface area contributed by atoms with Gasteiger partial charge in [-0.25, -0.2) is 0 Å². The topological polar surface area (TPSA) is 43.8 Å². The lowest BCUT2D eigenvalue weighted by molar-refractivity contribution is 0.644. The van der Waals surface area contributed by atoms with Crippen molar-refractivity contribution in [2.75, 3.05) is 0 Å². The van der Waals surface area contributed by atoms with Crippen molar-refractivity contribution in [2.24, 2.45) is 5.73 Å². The van der Waals surface area contributed by atoms with E-state index in [0.717, 1.165) is 19.4 Å². The molecule has 1 unspecified atom stereocenters. The second kappa shape index (κ2) is 5.83. The van der Waals surface area contributed by atoms with E-state index in [1.54, 1.807) is 0 Å². The van der Waals surface area contributed by atoms with Crippen LogP contribution in [0.15, 0.2) is 36.7 Å². The van der Waals surface area contributed by atoms with E-state index in [1.165, 1.54) is 16.7 Å². The van der Waals surface area contributed by atoms with Gasteiger partial charge in [0.15, 0.2) is 0 Å². The van der Waals surface area contributed by atoms with E-state index in [-0.39, 0.29) is 6.04 Å². The summed E-state index contributed by atoms with van der Waals surface area (Å²) < 4.78 is 1.98. The van der Waals surface area contributed by atoms with Gasteiger partial charge in [-0.1, -0.05) is 36.8 Å². The maximum atomic E-state index is 5.95. The highest BCUT2D eigenvalue weighted by atomic mass is 15.3. The largest absolute Gasteiger partial charge is 0.327 e. The first-order valence-corrected chi connectivity index (χ1v) is 6.50. The zero-order valence-corrected chi connectivity index (χ0v) is 11.1.